The smallest absolute Gasteiger partial charge is 0.341 e. The number of phenolic OH excluding ortho intramolecular Hbond substituents is 2. The topological polar surface area (TPSA) is 93.1 Å². The van der Waals surface area contributed by atoms with Gasteiger partial charge in [0, 0.05) is 17.9 Å². The standard InChI is InChI=1S/C16H18O6/c1-21-12(17)7-6-9-4-3-5-10-8-11(16(20)22-2)14(18)15(19)13(9)10/h3-4,8-9,18-19H,5-7H2,1-2H3. The summed E-state index contributed by atoms with van der Waals surface area (Å²) in [5.74, 6) is -2.10. The second-order valence-electron chi connectivity index (χ2n) is 5.04. The molecule has 0 radical (unpaired) electrons. The van der Waals surface area contributed by atoms with Gasteiger partial charge < -0.3 is 19.7 Å². The molecule has 118 valence electrons. The number of carbonyl (C=O) groups is 2. The maximum Gasteiger partial charge on any atom is 0.341 e. The Bertz CT molecular complexity index is 632. The highest BCUT2D eigenvalue weighted by atomic mass is 16.5. The van der Waals surface area contributed by atoms with Gasteiger partial charge in [-0.05, 0) is 24.5 Å². The first-order valence-electron chi connectivity index (χ1n) is 6.89. The van der Waals surface area contributed by atoms with Gasteiger partial charge in [0.25, 0.3) is 0 Å². The van der Waals surface area contributed by atoms with Crippen molar-refractivity contribution in [1.29, 1.82) is 0 Å². The molecule has 0 bridgehead atoms. The molecule has 6 nitrogen and oxygen atoms in total. The molecule has 2 N–H and O–H groups in total. The summed E-state index contributed by atoms with van der Waals surface area (Å²) in [6.45, 7) is 0. The lowest BCUT2D eigenvalue weighted by atomic mass is 9.83. The number of rotatable bonds is 4. The molecule has 0 spiro atoms. The molecule has 1 aromatic carbocycles. The molecule has 1 aromatic rings. The Morgan fingerprint density at radius 3 is 2.59 bits per heavy atom. The number of carbonyl (C=O) groups excluding carboxylic acids is 2. The zero-order valence-electron chi connectivity index (χ0n) is 12.5. The van der Waals surface area contributed by atoms with E-state index in [2.05, 4.69) is 9.47 Å². The number of methoxy groups -OCH3 is 2. The molecule has 1 atom stereocenters. The maximum atomic E-state index is 11.6. The van der Waals surface area contributed by atoms with E-state index >= 15 is 0 Å². The second kappa shape index (κ2) is 6.51. The lowest BCUT2D eigenvalue weighted by Gasteiger charge is -2.23. The van der Waals surface area contributed by atoms with Crippen LogP contribution in [0.5, 0.6) is 11.5 Å². The Morgan fingerprint density at radius 1 is 1.23 bits per heavy atom. The largest absolute Gasteiger partial charge is 0.504 e. The highest BCUT2D eigenvalue weighted by molar-refractivity contribution is 5.94. The van der Waals surface area contributed by atoms with E-state index in [4.69, 9.17) is 0 Å². The van der Waals surface area contributed by atoms with Crippen LogP contribution >= 0.6 is 0 Å². The summed E-state index contributed by atoms with van der Waals surface area (Å²) in [7, 11) is 2.52. The Kier molecular flexibility index (Phi) is 4.70. The van der Waals surface area contributed by atoms with Crippen molar-refractivity contribution in [1.82, 2.24) is 0 Å². The van der Waals surface area contributed by atoms with Gasteiger partial charge in [-0.15, -0.1) is 0 Å². The van der Waals surface area contributed by atoms with E-state index in [1.165, 1.54) is 20.3 Å². The summed E-state index contributed by atoms with van der Waals surface area (Å²) >= 11 is 0. The molecule has 0 fully saturated rings. The van der Waals surface area contributed by atoms with Crippen LogP contribution < -0.4 is 0 Å². The zero-order chi connectivity index (χ0) is 16.3. The lowest BCUT2D eigenvalue weighted by molar-refractivity contribution is -0.140. The van der Waals surface area contributed by atoms with Crippen molar-refractivity contribution in [3.05, 3.63) is 34.9 Å². The van der Waals surface area contributed by atoms with E-state index in [9.17, 15) is 19.8 Å². The van der Waals surface area contributed by atoms with Crippen molar-refractivity contribution >= 4 is 11.9 Å². The first-order valence-corrected chi connectivity index (χ1v) is 6.89. The van der Waals surface area contributed by atoms with Gasteiger partial charge in [0.2, 0.25) is 0 Å². The predicted molar refractivity (Wildman–Crippen MR) is 77.9 cm³/mol. The summed E-state index contributed by atoms with van der Waals surface area (Å²) in [4.78, 5) is 22.9. The third-order valence-electron chi connectivity index (χ3n) is 3.77. The Hall–Kier alpha value is -2.50. The summed E-state index contributed by atoms with van der Waals surface area (Å²) in [6.07, 6.45) is 4.95. The van der Waals surface area contributed by atoms with Crippen molar-refractivity contribution in [2.45, 2.75) is 25.2 Å². The Labute approximate surface area is 128 Å². The van der Waals surface area contributed by atoms with Crippen molar-refractivity contribution in [2.24, 2.45) is 0 Å². The number of aromatic hydroxyl groups is 2. The van der Waals surface area contributed by atoms with E-state index < -0.39 is 11.7 Å². The van der Waals surface area contributed by atoms with Crippen LogP contribution in [-0.4, -0.2) is 36.4 Å². The van der Waals surface area contributed by atoms with Crippen LogP contribution in [0.15, 0.2) is 18.2 Å². The summed E-state index contributed by atoms with van der Waals surface area (Å²) in [5.41, 5.74) is 1.20. The van der Waals surface area contributed by atoms with Crippen LogP contribution in [0.3, 0.4) is 0 Å². The van der Waals surface area contributed by atoms with Crippen molar-refractivity contribution in [3.8, 4) is 11.5 Å². The molecule has 0 aliphatic heterocycles. The third-order valence-corrected chi connectivity index (χ3v) is 3.77. The molecule has 0 heterocycles. The molecule has 6 heteroatoms. The molecule has 0 saturated carbocycles. The average molecular weight is 306 g/mol. The fourth-order valence-corrected chi connectivity index (χ4v) is 2.65. The van der Waals surface area contributed by atoms with E-state index in [0.29, 0.717) is 18.4 Å². The minimum absolute atomic E-state index is 0.0687. The SMILES string of the molecule is COC(=O)CCC1C=CCc2cc(C(=O)OC)c(O)c(O)c21. The van der Waals surface area contributed by atoms with Crippen LogP contribution in [-0.2, 0) is 20.7 Å². The Morgan fingerprint density at radius 2 is 1.95 bits per heavy atom. The molecule has 0 amide bonds. The molecule has 1 aliphatic carbocycles. The minimum Gasteiger partial charge on any atom is -0.504 e. The van der Waals surface area contributed by atoms with Gasteiger partial charge >= 0.3 is 11.9 Å². The van der Waals surface area contributed by atoms with Gasteiger partial charge in [0.1, 0.15) is 5.56 Å². The first kappa shape index (κ1) is 15.9. The summed E-state index contributed by atoms with van der Waals surface area (Å²) in [5, 5.41) is 20.3. The summed E-state index contributed by atoms with van der Waals surface area (Å²) in [6, 6.07) is 1.52. The van der Waals surface area contributed by atoms with Crippen LogP contribution in [0, 0.1) is 0 Å². The van der Waals surface area contributed by atoms with Crippen LogP contribution in [0.1, 0.15) is 40.2 Å². The van der Waals surface area contributed by atoms with Crippen molar-refractivity contribution < 1.29 is 29.3 Å². The van der Waals surface area contributed by atoms with Crippen LogP contribution in [0.2, 0.25) is 0 Å². The molecule has 2 rings (SSSR count). The number of benzene rings is 1. The first-order chi connectivity index (χ1) is 10.5. The Balaban J connectivity index is 2.38. The molecule has 1 aliphatic rings. The summed E-state index contributed by atoms with van der Waals surface area (Å²) < 4.78 is 9.21. The highest BCUT2D eigenvalue weighted by Crippen LogP contribution is 2.43. The normalized spacial score (nSPS) is 16.0. The number of hydrogen-bond acceptors (Lipinski definition) is 6. The van der Waals surface area contributed by atoms with E-state index in [0.717, 1.165) is 5.56 Å². The predicted octanol–water partition coefficient (Wildman–Crippen LogP) is 2.03. The number of allylic oxidation sites excluding steroid dienone is 2. The van der Waals surface area contributed by atoms with Crippen molar-refractivity contribution in [2.75, 3.05) is 14.2 Å². The maximum absolute atomic E-state index is 11.6. The molecular formula is C16H18O6. The molecule has 22 heavy (non-hydrogen) atoms. The van der Waals surface area contributed by atoms with Gasteiger partial charge in [0.05, 0.1) is 14.2 Å². The molecule has 0 saturated heterocycles. The number of ether oxygens (including phenoxy) is 2. The minimum atomic E-state index is -0.712. The quantitative estimate of drug-likeness (QED) is 0.502. The van der Waals surface area contributed by atoms with Crippen molar-refractivity contribution in [3.63, 3.8) is 0 Å². The molecule has 1 unspecified atom stereocenters. The van der Waals surface area contributed by atoms with E-state index in [-0.39, 0.29) is 29.6 Å². The molecular weight excluding hydrogens is 288 g/mol. The third kappa shape index (κ3) is 2.90. The van der Waals surface area contributed by atoms with Gasteiger partial charge in [0.15, 0.2) is 11.5 Å². The fraction of sp³-hybridized carbons (Fsp3) is 0.375. The average Bonchev–Trinajstić information content (AvgIpc) is 2.54. The lowest BCUT2D eigenvalue weighted by Crippen LogP contribution is -2.11. The molecule has 0 aromatic heterocycles. The zero-order valence-corrected chi connectivity index (χ0v) is 12.5. The number of phenols is 2. The van der Waals surface area contributed by atoms with Gasteiger partial charge in [-0.25, -0.2) is 4.79 Å². The monoisotopic (exact) mass is 306 g/mol. The number of fused-ring (bicyclic) bond motifs is 1. The highest BCUT2D eigenvalue weighted by Gasteiger charge is 2.27. The van der Waals surface area contributed by atoms with Crippen LogP contribution in [0.4, 0.5) is 0 Å². The number of esters is 2. The van der Waals surface area contributed by atoms with Crippen LogP contribution in [0.25, 0.3) is 0 Å². The van der Waals surface area contributed by atoms with E-state index in [1.807, 2.05) is 12.2 Å². The van der Waals surface area contributed by atoms with Gasteiger partial charge in [-0.2, -0.15) is 0 Å². The van der Waals surface area contributed by atoms with E-state index in [1.54, 1.807) is 0 Å². The van der Waals surface area contributed by atoms with Gasteiger partial charge in [-0.1, -0.05) is 12.2 Å². The van der Waals surface area contributed by atoms with Gasteiger partial charge in [-0.3, -0.25) is 4.79 Å². The fourth-order valence-electron chi connectivity index (χ4n) is 2.65. The second-order valence-corrected chi connectivity index (χ2v) is 5.04. The number of hydrogen-bond donors (Lipinski definition) is 2.